The molecule has 0 bridgehead atoms. The monoisotopic (exact) mass is 355 g/mol. The van der Waals surface area contributed by atoms with Crippen LogP contribution >= 0.6 is 0 Å². The number of nitrogens with zero attached hydrogens (tertiary/aromatic N) is 3. The molecule has 0 radical (unpaired) electrons. The Kier molecular flexibility index (Phi) is 5.91. The summed E-state index contributed by atoms with van der Waals surface area (Å²) < 4.78 is 8.09. The molecule has 4 nitrogen and oxygen atoms in total. The third-order valence-electron chi connectivity index (χ3n) is 6.26. The van der Waals surface area contributed by atoms with Gasteiger partial charge in [0.05, 0.1) is 17.6 Å². The van der Waals surface area contributed by atoms with Crippen LogP contribution in [0.25, 0.3) is 11.0 Å². The highest BCUT2D eigenvalue weighted by atomic mass is 16.5. The number of rotatable bonds is 6. The molecule has 142 valence electrons. The van der Waals surface area contributed by atoms with Crippen LogP contribution in [0.15, 0.2) is 24.3 Å². The second-order valence-corrected chi connectivity index (χ2v) is 7.93. The molecule has 4 heteroatoms. The molecule has 1 atom stereocenters. The van der Waals surface area contributed by atoms with Gasteiger partial charge in [0.1, 0.15) is 5.82 Å². The first-order chi connectivity index (χ1) is 12.9. The lowest BCUT2D eigenvalue weighted by atomic mass is 9.90. The number of imidazole rings is 1. The van der Waals surface area contributed by atoms with Crippen LogP contribution in [0.2, 0.25) is 0 Å². The fourth-order valence-corrected chi connectivity index (χ4v) is 4.94. The van der Waals surface area contributed by atoms with Crippen molar-refractivity contribution in [2.75, 3.05) is 26.3 Å². The van der Waals surface area contributed by atoms with Crippen molar-refractivity contribution in [2.45, 2.75) is 70.4 Å². The summed E-state index contributed by atoms with van der Waals surface area (Å²) in [5.41, 5.74) is 2.39. The number of hydrogen-bond donors (Lipinski definition) is 0. The molecule has 1 unspecified atom stereocenters. The van der Waals surface area contributed by atoms with E-state index in [0.717, 1.165) is 31.3 Å². The fourth-order valence-electron chi connectivity index (χ4n) is 4.94. The van der Waals surface area contributed by atoms with Crippen molar-refractivity contribution in [1.82, 2.24) is 14.5 Å². The van der Waals surface area contributed by atoms with Gasteiger partial charge in [-0.2, -0.15) is 0 Å². The van der Waals surface area contributed by atoms with E-state index in [1.54, 1.807) is 0 Å². The standard InChI is InChI=1S/C22H33N3O/c1-2-26-16-15-25-21-13-7-6-12-20(21)23-22(25)18-9-8-14-24(17-18)19-10-4-3-5-11-19/h6-7,12-13,18-19H,2-5,8-11,14-17H2,1H3. The van der Waals surface area contributed by atoms with E-state index in [9.17, 15) is 0 Å². The van der Waals surface area contributed by atoms with Gasteiger partial charge in [0.15, 0.2) is 0 Å². The molecule has 0 spiro atoms. The van der Waals surface area contributed by atoms with E-state index >= 15 is 0 Å². The quantitative estimate of drug-likeness (QED) is 0.710. The van der Waals surface area contributed by atoms with Crippen LogP contribution in [0.3, 0.4) is 0 Å². The average Bonchev–Trinajstić information content (AvgIpc) is 3.08. The van der Waals surface area contributed by atoms with Gasteiger partial charge >= 0.3 is 0 Å². The van der Waals surface area contributed by atoms with E-state index in [0.29, 0.717) is 5.92 Å². The molecule has 1 aromatic heterocycles. The molecular weight excluding hydrogens is 322 g/mol. The molecule has 1 aliphatic carbocycles. The Hall–Kier alpha value is -1.39. The van der Waals surface area contributed by atoms with Gasteiger partial charge in [-0.1, -0.05) is 31.4 Å². The minimum atomic E-state index is 0.555. The van der Waals surface area contributed by atoms with Gasteiger partial charge in [-0.05, 0) is 51.3 Å². The molecule has 1 aliphatic heterocycles. The lowest BCUT2D eigenvalue weighted by molar-refractivity contribution is 0.113. The fraction of sp³-hybridized carbons (Fsp3) is 0.682. The molecule has 26 heavy (non-hydrogen) atoms. The molecule has 1 saturated carbocycles. The molecule has 2 fully saturated rings. The zero-order valence-electron chi connectivity index (χ0n) is 16.2. The van der Waals surface area contributed by atoms with Gasteiger partial charge in [0.25, 0.3) is 0 Å². The molecule has 2 aromatic rings. The van der Waals surface area contributed by atoms with E-state index in [4.69, 9.17) is 9.72 Å². The predicted molar refractivity (Wildman–Crippen MR) is 107 cm³/mol. The van der Waals surface area contributed by atoms with Crippen LogP contribution in [0, 0.1) is 0 Å². The Morgan fingerprint density at radius 3 is 2.77 bits per heavy atom. The summed E-state index contributed by atoms with van der Waals surface area (Å²) in [4.78, 5) is 7.85. The van der Waals surface area contributed by atoms with Crippen molar-refractivity contribution >= 4 is 11.0 Å². The number of para-hydroxylation sites is 2. The van der Waals surface area contributed by atoms with Crippen molar-refractivity contribution in [2.24, 2.45) is 0 Å². The van der Waals surface area contributed by atoms with Gasteiger partial charge < -0.3 is 9.30 Å². The minimum absolute atomic E-state index is 0.555. The molecule has 0 amide bonds. The highest BCUT2D eigenvalue weighted by Gasteiger charge is 2.30. The summed E-state index contributed by atoms with van der Waals surface area (Å²) >= 11 is 0. The number of hydrogen-bond acceptors (Lipinski definition) is 3. The molecule has 2 aliphatic rings. The number of aromatic nitrogens is 2. The number of benzene rings is 1. The molecule has 4 rings (SSSR count). The highest BCUT2D eigenvalue weighted by molar-refractivity contribution is 5.76. The Morgan fingerprint density at radius 2 is 1.92 bits per heavy atom. The van der Waals surface area contributed by atoms with Crippen molar-refractivity contribution in [1.29, 1.82) is 0 Å². The van der Waals surface area contributed by atoms with Crippen LogP contribution in [-0.2, 0) is 11.3 Å². The van der Waals surface area contributed by atoms with Crippen molar-refractivity contribution < 1.29 is 4.74 Å². The topological polar surface area (TPSA) is 30.3 Å². The zero-order chi connectivity index (χ0) is 17.8. The molecule has 1 aromatic carbocycles. The first kappa shape index (κ1) is 18.0. The summed E-state index contributed by atoms with van der Waals surface area (Å²) in [5, 5.41) is 0. The number of likely N-dealkylation sites (tertiary alicyclic amines) is 1. The summed E-state index contributed by atoms with van der Waals surface area (Å²) in [7, 11) is 0. The Balaban J connectivity index is 1.57. The number of fused-ring (bicyclic) bond motifs is 1. The van der Waals surface area contributed by atoms with Gasteiger partial charge in [-0.3, -0.25) is 4.90 Å². The number of ether oxygens (including phenoxy) is 1. The lowest BCUT2D eigenvalue weighted by Crippen LogP contribution is -2.43. The predicted octanol–water partition coefficient (Wildman–Crippen LogP) is 4.58. The van der Waals surface area contributed by atoms with Crippen LogP contribution in [0.4, 0.5) is 0 Å². The Labute approximate surface area is 157 Å². The van der Waals surface area contributed by atoms with Gasteiger partial charge in [0.2, 0.25) is 0 Å². The SMILES string of the molecule is CCOCCn1c(C2CCCN(C3CCCCC3)C2)nc2ccccc21. The van der Waals surface area contributed by atoms with Crippen molar-refractivity contribution in [3.05, 3.63) is 30.1 Å². The molecule has 0 N–H and O–H groups in total. The van der Waals surface area contributed by atoms with Crippen LogP contribution in [0.1, 0.15) is 63.6 Å². The van der Waals surface area contributed by atoms with Crippen LogP contribution in [-0.4, -0.2) is 46.8 Å². The molecular formula is C22H33N3O. The van der Waals surface area contributed by atoms with Gasteiger partial charge in [-0.15, -0.1) is 0 Å². The van der Waals surface area contributed by atoms with E-state index in [1.807, 2.05) is 0 Å². The maximum atomic E-state index is 5.66. The Bertz CT molecular complexity index is 704. The summed E-state index contributed by atoms with van der Waals surface area (Å²) in [6.07, 6.45) is 9.62. The van der Waals surface area contributed by atoms with Crippen LogP contribution < -0.4 is 0 Å². The van der Waals surface area contributed by atoms with E-state index in [1.165, 1.54) is 69.4 Å². The summed E-state index contributed by atoms with van der Waals surface area (Å²) in [5.74, 6) is 1.84. The zero-order valence-corrected chi connectivity index (χ0v) is 16.2. The number of piperidine rings is 1. The van der Waals surface area contributed by atoms with Crippen molar-refractivity contribution in [3.63, 3.8) is 0 Å². The third-order valence-corrected chi connectivity index (χ3v) is 6.26. The van der Waals surface area contributed by atoms with E-state index in [2.05, 4.69) is 40.7 Å². The smallest absolute Gasteiger partial charge is 0.114 e. The summed E-state index contributed by atoms with van der Waals surface area (Å²) in [6.45, 7) is 6.98. The van der Waals surface area contributed by atoms with Gasteiger partial charge in [-0.25, -0.2) is 4.98 Å². The minimum Gasteiger partial charge on any atom is -0.380 e. The van der Waals surface area contributed by atoms with Crippen molar-refractivity contribution in [3.8, 4) is 0 Å². The Morgan fingerprint density at radius 1 is 1.08 bits per heavy atom. The van der Waals surface area contributed by atoms with Gasteiger partial charge in [0, 0.05) is 31.7 Å². The maximum absolute atomic E-state index is 5.66. The second-order valence-electron chi connectivity index (χ2n) is 7.93. The normalized spacial score (nSPS) is 22.9. The summed E-state index contributed by atoms with van der Waals surface area (Å²) in [6, 6.07) is 9.39. The average molecular weight is 356 g/mol. The first-order valence-electron chi connectivity index (χ1n) is 10.6. The highest BCUT2D eigenvalue weighted by Crippen LogP contribution is 2.33. The third kappa shape index (κ3) is 3.81. The van der Waals surface area contributed by atoms with E-state index < -0.39 is 0 Å². The van der Waals surface area contributed by atoms with E-state index in [-0.39, 0.29) is 0 Å². The first-order valence-corrected chi connectivity index (χ1v) is 10.6. The van der Waals surface area contributed by atoms with Crippen LogP contribution in [0.5, 0.6) is 0 Å². The lowest BCUT2D eigenvalue weighted by Gasteiger charge is -2.40. The maximum Gasteiger partial charge on any atom is 0.114 e. The molecule has 2 heterocycles. The largest absolute Gasteiger partial charge is 0.380 e. The molecule has 1 saturated heterocycles. The second kappa shape index (κ2) is 8.53.